The van der Waals surface area contributed by atoms with Crippen LogP contribution in [0, 0.1) is 24.5 Å². The van der Waals surface area contributed by atoms with Crippen LogP contribution in [0.25, 0.3) is 11.1 Å². The minimum Gasteiger partial charge on any atom is -0.369 e. The predicted octanol–water partition coefficient (Wildman–Crippen LogP) is 3.50. The van der Waals surface area contributed by atoms with Gasteiger partial charge in [-0.15, -0.1) is 0 Å². The van der Waals surface area contributed by atoms with Crippen molar-refractivity contribution in [3.8, 4) is 11.1 Å². The summed E-state index contributed by atoms with van der Waals surface area (Å²) < 4.78 is 29.4. The number of piperidine rings is 1. The number of anilines is 1. The van der Waals surface area contributed by atoms with Crippen LogP contribution >= 0.6 is 0 Å². The average molecular weight is 374 g/mol. The van der Waals surface area contributed by atoms with E-state index in [-0.39, 0.29) is 11.5 Å². The number of amides is 1. The van der Waals surface area contributed by atoms with Crippen LogP contribution in [0.4, 0.5) is 14.5 Å². The fourth-order valence-corrected chi connectivity index (χ4v) is 4.18. The Morgan fingerprint density at radius 2 is 1.93 bits per heavy atom. The summed E-state index contributed by atoms with van der Waals surface area (Å²) in [7, 11) is 0. The molecule has 1 aromatic heterocycles. The zero-order valence-corrected chi connectivity index (χ0v) is 15.5. The second-order valence-corrected chi connectivity index (χ2v) is 7.54. The van der Waals surface area contributed by atoms with E-state index in [1.54, 1.807) is 19.1 Å². The molecule has 0 radical (unpaired) electrons. The first-order valence-electron chi connectivity index (χ1n) is 9.55. The van der Waals surface area contributed by atoms with Gasteiger partial charge in [0.25, 0.3) is 0 Å². The van der Waals surface area contributed by atoms with Crippen molar-refractivity contribution in [2.75, 3.05) is 31.1 Å². The van der Waals surface area contributed by atoms with E-state index in [9.17, 15) is 13.6 Å². The first-order chi connectivity index (χ1) is 13.0. The van der Waals surface area contributed by atoms with Crippen molar-refractivity contribution in [2.45, 2.75) is 32.6 Å². The summed E-state index contributed by atoms with van der Waals surface area (Å²) in [5, 5.41) is 6.64. The van der Waals surface area contributed by atoms with E-state index in [0.29, 0.717) is 42.4 Å². The number of nitrogens with one attached hydrogen (secondary N) is 1. The lowest BCUT2D eigenvalue weighted by molar-refractivity contribution is -0.128. The Hall–Kier alpha value is -2.44. The highest BCUT2D eigenvalue weighted by Crippen LogP contribution is 2.33. The van der Waals surface area contributed by atoms with Crippen LogP contribution in [0.5, 0.6) is 0 Å². The summed E-state index contributed by atoms with van der Waals surface area (Å²) in [4.78, 5) is 15.6. The number of carbonyl (C=O) groups excluding carboxylic acids is 1. The van der Waals surface area contributed by atoms with E-state index < -0.39 is 11.6 Å². The number of halogens is 2. The lowest BCUT2D eigenvalue weighted by Crippen LogP contribution is -2.39. The second kappa shape index (κ2) is 7.29. The third kappa shape index (κ3) is 3.42. The first kappa shape index (κ1) is 17.9. The van der Waals surface area contributed by atoms with Gasteiger partial charge in [-0.25, -0.2) is 8.78 Å². The molecule has 27 heavy (non-hydrogen) atoms. The van der Waals surface area contributed by atoms with Crippen molar-refractivity contribution >= 4 is 11.6 Å². The Bertz CT molecular complexity index is 843. The topological polar surface area (TPSA) is 52.2 Å². The molecule has 1 aromatic carbocycles. The second-order valence-electron chi connectivity index (χ2n) is 7.54. The lowest BCUT2D eigenvalue weighted by atomic mass is 9.95. The van der Waals surface area contributed by atoms with Crippen molar-refractivity contribution in [3.05, 3.63) is 35.7 Å². The standard InChI is InChI=1S/C20H24F2N4O/c1-13-16(11-23-24-13)15-4-5-17(20(22)19(15)21)25-9-6-14(7-10-25)12-26-8-2-3-18(26)27/h4-5,11,14H,2-3,6-10,12H2,1H3,(H,23,24). The van der Waals surface area contributed by atoms with Gasteiger partial charge in [-0.3, -0.25) is 9.89 Å². The van der Waals surface area contributed by atoms with Crippen molar-refractivity contribution in [2.24, 2.45) is 5.92 Å². The number of carbonyl (C=O) groups is 1. The molecule has 0 aliphatic carbocycles. The van der Waals surface area contributed by atoms with Gasteiger partial charge < -0.3 is 9.80 Å². The zero-order chi connectivity index (χ0) is 19.0. The van der Waals surface area contributed by atoms with Crippen LogP contribution in [0.3, 0.4) is 0 Å². The van der Waals surface area contributed by atoms with Crippen LogP contribution in [0.1, 0.15) is 31.4 Å². The SMILES string of the molecule is Cc1[nH]ncc1-c1ccc(N2CCC(CN3CCCC3=O)CC2)c(F)c1F. The molecule has 144 valence electrons. The Morgan fingerprint density at radius 1 is 1.15 bits per heavy atom. The van der Waals surface area contributed by atoms with Crippen LogP contribution < -0.4 is 4.90 Å². The summed E-state index contributed by atoms with van der Waals surface area (Å²) in [6.07, 6.45) is 4.88. The molecule has 0 spiro atoms. The predicted molar refractivity (Wildman–Crippen MR) is 99.4 cm³/mol. The minimum atomic E-state index is -0.832. The normalized spacial score (nSPS) is 18.6. The Balaban J connectivity index is 1.45. The molecule has 1 N–H and O–H groups in total. The molecule has 3 heterocycles. The van der Waals surface area contributed by atoms with Gasteiger partial charge in [-0.1, -0.05) is 0 Å². The van der Waals surface area contributed by atoms with Gasteiger partial charge in [0.05, 0.1) is 11.9 Å². The Kier molecular flexibility index (Phi) is 4.85. The molecule has 0 atom stereocenters. The molecular weight excluding hydrogens is 350 g/mol. The Morgan fingerprint density at radius 3 is 2.56 bits per heavy atom. The highest BCUT2D eigenvalue weighted by molar-refractivity contribution is 5.78. The fraction of sp³-hybridized carbons (Fsp3) is 0.500. The van der Waals surface area contributed by atoms with Crippen LogP contribution in [0.2, 0.25) is 0 Å². The number of aryl methyl sites for hydroxylation is 1. The van der Waals surface area contributed by atoms with E-state index in [2.05, 4.69) is 10.2 Å². The summed E-state index contributed by atoms with van der Waals surface area (Å²) in [5.41, 5.74) is 1.82. The zero-order valence-electron chi connectivity index (χ0n) is 15.5. The van der Waals surface area contributed by atoms with Crippen LogP contribution in [-0.4, -0.2) is 47.2 Å². The molecule has 2 aromatic rings. The molecule has 2 saturated heterocycles. The number of H-pyrrole nitrogens is 1. The van der Waals surface area contributed by atoms with Crippen molar-refractivity contribution < 1.29 is 13.6 Å². The lowest BCUT2D eigenvalue weighted by Gasteiger charge is -2.35. The third-order valence-corrected chi connectivity index (χ3v) is 5.79. The summed E-state index contributed by atoms with van der Waals surface area (Å²) in [6.45, 7) is 4.78. The molecule has 5 nitrogen and oxygen atoms in total. The summed E-state index contributed by atoms with van der Waals surface area (Å²) in [5.74, 6) is -0.956. The maximum absolute atomic E-state index is 14.7. The number of hydrogen-bond donors (Lipinski definition) is 1. The highest BCUT2D eigenvalue weighted by Gasteiger charge is 2.28. The molecule has 4 rings (SSSR count). The molecule has 0 saturated carbocycles. The number of nitrogens with zero attached hydrogens (tertiary/aromatic N) is 3. The van der Waals surface area contributed by atoms with E-state index in [1.807, 2.05) is 9.80 Å². The largest absolute Gasteiger partial charge is 0.369 e. The van der Waals surface area contributed by atoms with Gasteiger partial charge in [0.15, 0.2) is 11.6 Å². The number of likely N-dealkylation sites (tertiary alicyclic amines) is 1. The number of benzene rings is 1. The maximum Gasteiger partial charge on any atom is 0.222 e. The minimum absolute atomic E-state index is 0.227. The maximum atomic E-state index is 14.7. The molecule has 0 bridgehead atoms. The van der Waals surface area contributed by atoms with Crippen molar-refractivity contribution in [1.29, 1.82) is 0 Å². The summed E-state index contributed by atoms with van der Waals surface area (Å²) in [6, 6.07) is 3.28. The van der Waals surface area contributed by atoms with Crippen LogP contribution in [-0.2, 0) is 4.79 Å². The Labute approximate surface area is 157 Å². The molecule has 2 aliphatic rings. The van der Waals surface area contributed by atoms with E-state index in [0.717, 1.165) is 32.4 Å². The number of hydrogen-bond acceptors (Lipinski definition) is 3. The molecule has 2 fully saturated rings. The molecule has 0 unspecified atom stereocenters. The molecule has 1 amide bonds. The van der Waals surface area contributed by atoms with E-state index in [1.165, 1.54) is 6.20 Å². The van der Waals surface area contributed by atoms with Gasteiger partial charge >= 0.3 is 0 Å². The number of rotatable bonds is 4. The molecule has 2 aliphatic heterocycles. The van der Waals surface area contributed by atoms with Gasteiger partial charge in [0, 0.05) is 49.4 Å². The highest BCUT2D eigenvalue weighted by atomic mass is 19.2. The fourth-order valence-electron chi connectivity index (χ4n) is 4.18. The van der Waals surface area contributed by atoms with Crippen molar-refractivity contribution in [1.82, 2.24) is 15.1 Å². The van der Waals surface area contributed by atoms with Gasteiger partial charge in [0.1, 0.15) is 0 Å². The van der Waals surface area contributed by atoms with Gasteiger partial charge in [0.2, 0.25) is 5.91 Å². The smallest absolute Gasteiger partial charge is 0.222 e. The third-order valence-electron chi connectivity index (χ3n) is 5.79. The number of aromatic nitrogens is 2. The number of aromatic amines is 1. The quantitative estimate of drug-likeness (QED) is 0.891. The summed E-state index contributed by atoms with van der Waals surface area (Å²) >= 11 is 0. The monoisotopic (exact) mass is 374 g/mol. The van der Waals surface area contributed by atoms with E-state index in [4.69, 9.17) is 0 Å². The molecule has 7 heteroatoms. The van der Waals surface area contributed by atoms with Crippen molar-refractivity contribution in [3.63, 3.8) is 0 Å². The van der Waals surface area contributed by atoms with Crippen LogP contribution in [0.15, 0.2) is 18.3 Å². The van der Waals surface area contributed by atoms with Gasteiger partial charge in [-0.05, 0) is 44.2 Å². The molecular formula is C20H24F2N4O. The van der Waals surface area contributed by atoms with Gasteiger partial charge in [-0.2, -0.15) is 5.10 Å². The first-order valence-corrected chi connectivity index (χ1v) is 9.55. The van der Waals surface area contributed by atoms with E-state index >= 15 is 0 Å². The average Bonchev–Trinajstić information content (AvgIpc) is 3.27.